The number of carbonyl (C=O) groups is 2. The van der Waals surface area contributed by atoms with Crippen LogP contribution in [-0.2, 0) is 16.1 Å². The molecule has 1 aromatic rings. The number of nitrogens with two attached hydrogens (primary N) is 1. The van der Waals surface area contributed by atoms with Crippen LogP contribution < -0.4 is 16.6 Å². The molecular formula is C14H20N4O3. The maximum atomic E-state index is 12.3. The van der Waals surface area contributed by atoms with Gasteiger partial charge in [-0.1, -0.05) is 0 Å². The molecular weight excluding hydrogens is 272 g/mol. The van der Waals surface area contributed by atoms with Crippen LogP contribution in [-0.4, -0.2) is 41.4 Å². The van der Waals surface area contributed by atoms with E-state index < -0.39 is 0 Å². The van der Waals surface area contributed by atoms with E-state index in [-0.39, 0.29) is 29.8 Å². The summed E-state index contributed by atoms with van der Waals surface area (Å²) >= 11 is 0. The summed E-state index contributed by atoms with van der Waals surface area (Å²) in [5, 5.41) is 2.61. The van der Waals surface area contributed by atoms with Crippen molar-refractivity contribution in [2.75, 3.05) is 25.9 Å². The van der Waals surface area contributed by atoms with Crippen molar-refractivity contribution in [1.82, 2.24) is 14.8 Å². The summed E-state index contributed by atoms with van der Waals surface area (Å²) in [6.45, 7) is 0.962. The number of carbonyl (C=O) groups excluding carboxylic acids is 2. The van der Waals surface area contributed by atoms with Crippen LogP contribution in [0, 0.1) is 5.92 Å². The van der Waals surface area contributed by atoms with Gasteiger partial charge >= 0.3 is 0 Å². The van der Waals surface area contributed by atoms with Gasteiger partial charge in [0, 0.05) is 38.1 Å². The Balaban J connectivity index is 2.04. The summed E-state index contributed by atoms with van der Waals surface area (Å²) in [6, 6.07) is 2.85. The normalized spacial score (nSPS) is 18.3. The number of piperidine rings is 1. The lowest BCUT2D eigenvalue weighted by atomic mass is 9.97. The molecule has 0 aliphatic carbocycles. The molecule has 2 rings (SSSR count). The number of amides is 2. The van der Waals surface area contributed by atoms with E-state index in [0.717, 1.165) is 12.8 Å². The number of aromatic nitrogens is 1. The zero-order valence-corrected chi connectivity index (χ0v) is 12.0. The van der Waals surface area contributed by atoms with Gasteiger partial charge in [-0.3, -0.25) is 14.4 Å². The zero-order valence-electron chi connectivity index (χ0n) is 12.0. The molecule has 1 unspecified atom stereocenters. The van der Waals surface area contributed by atoms with Crippen molar-refractivity contribution in [1.29, 1.82) is 0 Å². The Bertz CT molecular complexity index is 596. The number of anilines is 1. The van der Waals surface area contributed by atoms with Crippen LogP contribution in [0.4, 0.5) is 5.69 Å². The summed E-state index contributed by atoms with van der Waals surface area (Å²) in [7, 11) is 1.59. The molecule has 1 fully saturated rings. The Labute approximate surface area is 122 Å². The average Bonchev–Trinajstić information content (AvgIpc) is 2.50. The lowest BCUT2D eigenvalue weighted by molar-refractivity contribution is -0.136. The monoisotopic (exact) mass is 292 g/mol. The van der Waals surface area contributed by atoms with Gasteiger partial charge < -0.3 is 20.5 Å². The first-order valence-corrected chi connectivity index (χ1v) is 6.96. The lowest BCUT2D eigenvalue weighted by Gasteiger charge is -2.32. The van der Waals surface area contributed by atoms with Gasteiger partial charge in [-0.25, -0.2) is 0 Å². The van der Waals surface area contributed by atoms with E-state index in [4.69, 9.17) is 5.73 Å². The van der Waals surface area contributed by atoms with Gasteiger partial charge in [0.15, 0.2) is 0 Å². The van der Waals surface area contributed by atoms with Crippen molar-refractivity contribution in [2.45, 2.75) is 19.4 Å². The highest BCUT2D eigenvalue weighted by Crippen LogP contribution is 2.17. The Morgan fingerprint density at radius 1 is 1.43 bits per heavy atom. The molecule has 21 heavy (non-hydrogen) atoms. The van der Waals surface area contributed by atoms with E-state index in [2.05, 4.69) is 5.32 Å². The third-order valence-electron chi connectivity index (χ3n) is 3.70. The highest BCUT2D eigenvalue weighted by atomic mass is 16.2. The van der Waals surface area contributed by atoms with E-state index in [9.17, 15) is 14.4 Å². The van der Waals surface area contributed by atoms with Gasteiger partial charge in [0.2, 0.25) is 11.8 Å². The largest absolute Gasteiger partial charge is 0.398 e. The molecule has 7 heteroatoms. The summed E-state index contributed by atoms with van der Waals surface area (Å²) in [6.07, 6.45) is 3.03. The Morgan fingerprint density at radius 3 is 2.90 bits per heavy atom. The van der Waals surface area contributed by atoms with Crippen LogP contribution in [0.1, 0.15) is 12.8 Å². The van der Waals surface area contributed by atoms with Crippen molar-refractivity contribution < 1.29 is 9.59 Å². The summed E-state index contributed by atoms with van der Waals surface area (Å²) < 4.78 is 1.29. The summed E-state index contributed by atoms with van der Waals surface area (Å²) in [5.74, 6) is -0.393. The van der Waals surface area contributed by atoms with Gasteiger partial charge in [0.05, 0.1) is 5.92 Å². The quantitative estimate of drug-likeness (QED) is 0.778. The number of nitrogens with one attached hydrogen (secondary N) is 1. The molecule has 1 aromatic heterocycles. The van der Waals surface area contributed by atoms with Crippen LogP contribution in [0.2, 0.25) is 0 Å². The number of nitrogens with zero attached hydrogens (tertiary/aromatic N) is 2. The lowest BCUT2D eigenvalue weighted by Crippen LogP contribution is -2.46. The van der Waals surface area contributed by atoms with Crippen LogP contribution in [0.3, 0.4) is 0 Å². The van der Waals surface area contributed by atoms with E-state index in [1.54, 1.807) is 11.9 Å². The maximum Gasteiger partial charge on any atom is 0.251 e. The van der Waals surface area contributed by atoms with E-state index in [1.165, 1.54) is 22.9 Å². The maximum absolute atomic E-state index is 12.3. The van der Waals surface area contributed by atoms with E-state index in [1.807, 2.05) is 0 Å². The minimum absolute atomic E-state index is 0.0476. The summed E-state index contributed by atoms with van der Waals surface area (Å²) in [4.78, 5) is 37.3. The molecule has 0 bridgehead atoms. The highest BCUT2D eigenvalue weighted by molar-refractivity contribution is 5.81. The molecule has 1 saturated heterocycles. The Hall–Kier alpha value is -2.31. The molecule has 3 N–H and O–H groups in total. The van der Waals surface area contributed by atoms with Crippen LogP contribution in [0.25, 0.3) is 0 Å². The number of hydrogen-bond donors (Lipinski definition) is 2. The molecule has 0 radical (unpaired) electrons. The standard InChI is InChI=1S/C14H20N4O3/c1-16-14(21)10-3-2-6-17(7-10)13(20)9-18-8-11(15)4-5-12(18)19/h4-5,8,10H,2-3,6-7,9,15H2,1H3,(H,16,21). The molecule has 0 spiro atoms. The number of rotatable bonds is 3. The first kappa shape index (κ1) is 15.1. The van der Waals surface area contributed by atoms with Gasteiger partial charge in [-0.2, -0.15) is 0 Å². The minimum atomic E-state index is -0.266. The average molecular weight is 292 g/mol. The second kappa shape index (κ2) is 6.43. The smallest absolute Gasteiger partial charge is 0.251 e. The molecule has 0 saturated carbocycles. The topological polar surface area (TPSA) is 97.4 Å². The van der Waals surface area contributed by atoms with E-state index >= 15 is 0 Å². The molecule has 2 amide bonds. The van der Waals surface area contributed by atoms with Gasteiger partial charge in [-0.15, -0.1) is 0 Å². The predicted molar refractivity (Wildman–Crippen MR) is 78.5 cm³/mol. The number of likely N-dealkylation sites (tertiary alicyclic amines) is 1. The molecule has 114 valence electrons. The SMILES string of the molecule is CNC(=O)C1CCCN(C(=O)Cn2cc(N)ccc2=O)C1. The van der Waals surface area contributed by atoms with Gasteiger partial charge in [0.1, 0.15) is 6.54 Å². The fourth-order valence-corrected chi connectivity index (χ4v) is 2.54. The number of hydrogen-bond acceptors (Lipinski definition) is 4. The second-order valence-electron chi connectivity index (χ2n) is 5.22. The molecule has 1 aliphatic rings. The van der Waals surface area contributed by atoms with Crippen molar-refractivity contribution in [2.24, 2.45) is 5.92 Å². The van der Waals surface area contributed by atoms with Crippen molar-refractivity contribution >= 4 is 17.5 Å². The minimum Gasteiger partial charge on any atom is -0.398 e. The Kier molecular flexibility index (Phi) is 4.62. The molecule has 1 atom stereocenters. The third kappa shape index (κ3) is 3.62. The van der Waals surface area contributed by atoms with Crippen LogP contribution in [0.5, 0.6) is 0 Å². The number of nitrogen functional groups attached to an aromatic ring is 1. The van der Waals surface area contributed by atoms with Crippen molar-refractivity contribution in [3.63, 3.8) is 0 Å². The van der Waals surface area contributed by atoms with Crippen molar-refractivity contribution in [3.8, 4) is 0 Å². The third-order valence-corrected chi connectivity index (χ3v) is 3.70. The highest BCUT2D eigenvalue weighted by Gasteiger charge is 2.27. The van der Waals surface area contributed by atoms with E-state index in [0.29, 0.717) is 18.8 Å². The summed E-state index contributed by atoms with van der Waals surface area (Å²) in [5.41, 5.74) is 5.79. The molecule has 1 aliphatic heterocycles. The van der Waals surface area contributed by atoms with Gasteiger partial charge in [0.25, 0.3) is 5.56 Å². The molecule has 0 aromatic carbocycles. The molecule has 7 nitrogen and oxygen atoms in total. The fourth-order valence-electron chi connectivity index (χ4n) is 2.54. The van der Waals surface area contributed by atoms with Crippen LogP contribution >= 0.6 is 0 Å². The zero-order chi connectivity index (χ0) is 15.4. The first-order chi connectivity index (χ1) is 10.0. The fraction of sp³-hybridized carbons (Fsp3) is 0.500. The molecule has 2 heterocycles. The van der Waals surface area contributed by atoms with Crippen molar-refractivity contribution in [3.05, 3.63) is 28.7 Å². The van der Waals surface area contributed by atoms with Crippen LogP contribution in [0.15, 0.2) is 23.1 Å². The second-order valence-corrected chi connectivity index (χ2v) is 5.22. The number of pyridine rings is 1. The van der Waals surface area contributed by atoms with Gasteiger partial charge in [-0.05, 0) is 18.9 Å². The Morgan fingerprint density at radius 2 is 2.19 bits per heavy atom. The first-order valence-electron chi connectivity index (χ1n) is 6.96. The predicted octanol–water partition coefficient (Wildman–Crippen LogP) is -0.585.